The molecule has 7 heteroatoms. The van der Waals surface area contributed by atoms with Crippen molar-refractivity contribution in [2.24, 2.45) is 5.10 Å². The third kappa shape index (κ3) is 3.55. The number of H-pyrrole nitrogens is 1. The van der Waals surface area contributed by atoms with Gasteiger partial charge in [-0.3, -0.25) is 0 Å². The Morgan fingerprint density at radius 1 is 1.28 bits per heavy atom. The van der Waals surface area contributed by atoms with Crippen molar-refractivity contribution in [3.8, 4) is 17.1 Å². The summed E-state index contributed by atoms with van der Waals surface area (Å²) in [5.41, 5.74) is 2.06. The first-order chi connectivity index (χ1) is 12.1. The topological polar surface area (TPSA) is 66.2 Å². The van der Waals surface area contributed by atoms with Crippen molar-refractivity contribution >= 4 is 30.0 Å². The number of para-hydroxylation sites is 1. The average Bonchev–Trinajstić information content (AvgIpc) is 2.97. The van der Waals surface area contributed by atoms with Crippen molar-refractivity contribution in [3.05, 3.63) is 76.0 Å². The van der Waals surface area contributed by atoms with Gasteiger partial charge in [0.15, 0.2) is 5.82 Å². The Hall–Kier alpha value is -2.70. The van der Waals surface area contributed by atoms with Gasteiger partial charge in [-0.05, 0) is 42.4 Å². The molecule has 1 heterocycles. The van der Waals surface area contributed by atoms with Crippen LogP contribution in [0.15, 0.2) is 60.2 Å². The molecule has 25 heavy (non-hydrogen) atoms. The van der Waals surface area contributed by atoms with E-state index in [9.17, 15) is 5.11 Å². The lowest BCUT2D eigenvalue weighted by Gasteiger charge is -2.05. The number of phenolic OH excluding ortho intramolecular Hbond substituents is 1. The Morgan fingerprint density at radius 3 is 2.84 bits per heavy atom. The van der Waals surface area contributed by atoms with Crippen molar-refractivity contribution in [2.45, 2.75) is 6.42 Å². The Morgan fingerprint density at radius 2 is 2.08 bits per heavy atom. The van der Waals surface area contributed by atoms with Gasteiger partial charge in [0.2, 0.25) is 4.77 Å². The maximum atomic E-state index is 10.3. The van der Waals surface area contributed by atoms with Crippen LogP contribution >= 0.6 is 23.8 Å². The second-order valence-electron chi connectivity index (χ2n) is 5.24. The van der Waals surface area contributed by atoms with E-state index in [1.54, 1.807) is 18.2 Å². The van der Waals surface area contributed by atoms with Crippen LogP contribution in [0.2, 0.25) is 5.02 Å². The van der Waals surface area contributed by atoms with Crippen LogP contribution < -0.4 is 0 Å². The molecule has 0 unspecified atom stereocenters. The average molecular weight is 371 g/mol. The van der Waals surface area contributed by atoms with Gasteiger partial charge in [-0.2, -0.15) is 14.9 Å². The predicted molar refractivity (Wildman–Crippen MR) is 103 cm³/mol. The molecule has 3 aromatic rings. The van der Waals surface area contributed by atoms with Crippen molar-refractivity contribution in [1.82, 2.24) is 14.9 Å². The number of phenols is 1. The number of benzene rings is 2. The summed E-state index contributed by atoms with van der Waals surface area (Å²) in [5.74, 6) is 0.661. The number of hydrogen-bond acceptors (Lipinski definition) is 4. The van der Waals surface area contributed by atoms with Gasteiger partial charge >= 0.3 is 0 Å². The van der Waals surface area contributed by atoms with Gasteiger partial charge in [0.05, 0.1) is 11.2 Å². The highest BCUT2D eigenvalue weighted by atomic mass is 35.5. The molecule has 3 rings (SSSR count). The molecule has 0 spiro atoms. The smallest absolute Gasteiger partial charge is 0.216 e. The normalized spacial score (nSPS) is 11.1. The lowest BCUT2D eigenvalue weighted by atomic mass is 10.1. The molecule has 0 bridgehead atoms. The summed E-state index contributed by atoms with van der Waals surface area (Å²) < 4.78 is 1.80. The second kappa shape index (κ2) is 7.46. The molecule has 0 aliphatic rings. The zero-order valence-corrected chi connectivity index (χ0v) is 14.8. The fourth-order valence-corrected chi connectivity index (χ4v) is 2.77. The standard InChI is InChI=1S/C18H15ClN4OS/c1-2-6-12-7-5-8-13(16(12)24)11-20-23-17(21-22-18(23)25)14-9-3-4-10-15(14)19/h2-5,7-11,24H,1,6H2,(H,22,25)/b20-11+. The van der Waals surface area contributed by atoms with Crippen LogP contribution in [0, 0.1) is 4.77 Å². The summed E-state index contributed by atoms with van der Waals surface area (Å²) in [6.07, 6.45) is 3.84. The fraction of sp³-hybridized carbons (Fsp3) is 0.0556. The minimum Gasteiger partial charge on any atom is -0.507 e. The van der Waals surface area contributed by atoms with Gasteiger partial charge in [-0.15, -0.1) is 6.58 Å². The van der Waals surface area contributed by atoms with Crippen LogP contribution in [-0.2, 0) is 6.42 Å². The maximum absolute atomic E-state index is 10.3. The van der Waals surface area contributed by atoms with E-state index in [2.05, 4.69) is 21.9 Å². The highest BCUT2D eigenvalue weighted by molar-refractivity contribution is 7.71. The summed E-state index contributed by atoms with van der Waals surface area (Å²) in [6.45, 7) is 3.69. The number of nitrogens with zero attached hydrogens (tertiary/aromatic N) is 3. The summed E-state index contributed by atoms with van der Waals surface area (Å²) in [7, 11) is 0. The highest BCUT2D eigenvalue weighted by Gasteiger charge is 2.11. The van der Waals surface area contributed by atoms with Gasteiger partial charge in [-0.1, -0.05) is 41.9 Å². The first-order valence-electron chi connectivity index (χ1n) is 7.50. The molecule has 2 aromatic carbocycles. The molecule has 0 aliphatic carbocycles. The van der Waals surface area contributed by atoms with E-state index < -0.39 is 0 Å². The van der Waals surface area contributed by atoms with Crippen LogP contribution in [0.4, 0.5) is 0 Å². The molecular formula is C18H15ClN4OS. The van der Waals surface area contributed by atoms with E-state index in [-0.39, 0.29) is 5.75 Å². The molecule has 126 valence electrons. The third-order valence-electron chi connectivity index (χ3n) is 3.59. The fourth-order valence-electron chi connectivity index (χ4n) is 2.37. The summed E-state index contributed by atoms with van der Waals surface area (Å²) in [6, 6.07) is 12.8. The lowest BCUT2D eigenvalue weighted by molar-refractivity contribution is 0.469. The Balaban J connectivity index is 2.03. The maximum Gasteiger partial charge on any atom is 0.216 e. The number of hydrogen-bond donors (Lipinski definition) is 2. The van der Waals surface area contributed by atoms with Gasteiger partial charge in [-0.25, -0.2) is 5.10 Å². The lowest BCUT2D eigenvalue weighted by Crippen LogP contribution is -1.96. The van der Waals surface area contributed by atoms with Crippen LogP contribution in [0.5, 0.6) is 5.75 Å². The van der Waals surface area contributed by atoms with Crippen molar-refractivity contribution < 1.29 is 5.11 Å². The number of nitrogens with one attached hydrogen (secondary N) is 1. The molecule has 0 amide bonds. The number of aromatic nitrogens is 3. The Bertz CT molecular complexity index is 1010. The monoisotopic (exact) mass is 370 g/mol. The predicted octanol–water partition coefficient (Wildman–Crippen LogP) is 4.58. The first kappa shape index (κ1) is 17.1. The van der Waals surface area contributed by atoms with Crippen molar-refractivity contribution in [1.29, 1.82) is 0 Å². The van der Waals surface area contributed by atoms with Gasteiger partial charge in [0, 0.05) is 11.1 Å². The number of aromatic amines is 1. The molecule has 2 N–H and O–H groups in total. The largest absolute Gasteiger partial charge is 0.507 e. The van der Waals surface area contributed by atoms with Crippen LogP contribution in [0.25, 0.3) is 11.4 Å². The number of allylic oxidation sites excluding steroid dienone is 1. The zero-order valence-electron chi connectivity index (χ0n) is 13.2. The van der Waals surface area contributed by atoms with E-state index >= 15 is 0 Å². The summed E-state index contributed by atoms with van der Waals surface area (Å²) in [4.78, 5) is 0. The molecule has 0 saturated heterocycles. The minimum absolute atomic E-state index is 0.167. The SMILES string of the molecule is C=CCc1cccc(/C=N/n2c(-c3ccccc3Cl)n[nH]c2=S)c1O. The van der Waals surface area contributed by atoms with Crippen molar-refractivity contribution in [2.75, 3.05) is 0 Å². The van der Waals surface area contributed by atoms with Gasteiger partial charge in [0.1, 0.15) is 5.75 Å². The molecule has 5 nitrogen and oxygen atoms in total. The minimum atomic E-state index is 0.167. The zero-order chi connectivity index (χ0) is 17.8. The van der Waals surface area contributed by atoms with Crippen molar-refractivity contribution in [3.63, 3.8) is 0 Å². The third-order valence-corrected chi connectivity index (χ3v) is 4.19. The van der Waals surface area contributed by atoms with E-state index in [0.29, 0.717) is 33.2 Å². The Labute approximate surface area is 154 Å². The van der Waals surface area contributed by atoms with Gasteiger partial charge in [0.25, 0.3) is 0 Å². The molecular weight excluding hydrogens is 356 g/mol. The number of rotatable bonds is 5. The van der Waals surface area contributed by atoms with Crippen LogP contribution in [-0.4, -0.2) is 26.2 Å². The number of halogens is 1. The van der Waals surface area contributed by atoms with Crippen LogP contribution in [0.3, 0.4) is 0 Å². The quantitative estimate of drug-likeness (QED) is 0.392. The van der Waals surface area contributed by atoms with Gasteiger partial charge < -0.3 is 5.11 Å². The molecule has 0 radical (unpaired) electrons. The Kier molecular flexibility index (Phi) is 5.11. The molecule has 0 saturated carbocycles. The van der Waals surface area contributed by atoms with E-state index in [1.807, 2.05) is 30.3 Å². The molecule has 0 aliphatic heterocycles. The van der Waals surface area contributed by atoms with E-state index in [4.69, 9.17) is 23.8 Å². The van der Waals surface area contributed by atoms with E-state index in [1.165, 1.54) is 10.9 Å². The van der Waals surface area contributed by atoms with Crippen LogP contribution in [0.1, 0.15) is 11.1 Å². The highest BCUT2D eigenvalue weighted by Crippen LogP contribution is 2.26. The summed E-state index contributed by atoms with van der Waals surface area (Å²) >= 11 is 11.5. The molecule has 0 fully saturated rings. The van der Waals surface area contributed by atoms with E-state index in [0.717, 1.165) is 5.56 Å². The first-order valence-corrected chi connectivity index (χ1v) is 8.29. The number of aromatic hydroxyl groups is 1. The summed E-state index contributed by atoms with van der Waals surface area (Å²) in [5, 5.41) is 22.2. The second-order valence-corrected chi connectivity index (χ2v) is 6.03. The molecule has 0 atom stereocenters. The molecule has 1 aromatic heterocycles.